The maximum atomic E-state index is 5.74. The number of fused-ring (bicyclic) bond motifs is 3. The molecule has 0 spiro atoms. The quantitative estimate of drug-likeness (QED) is 0.658. The molecule has 1 aromatic carbocycles. The maximum absolute atomic E-state index is 5.74. The highest BCUT2D eigenvalue weighted by atomic mass is 32.2. The summed E-state index contributed by atoms with van der Waals surface area (Å²) in [7, 11) is 3.66. The molecule has 0 saturated heterocycles. The Morgan fingerprint density at radius 2 is 2.00 bits per heavy atom. The van der Waals surface area contributed by atoms with Crippen LogP contribution < -0.4 is 4.74 Å². The Kier molecular flexibility index (Phi) is 5.22. The van der Waals surface area contributed by atoms with E-state index in [2.05, 4.69) is 32.9 Å². The lowest BCUT2D eigenvalue weighted by Gasteiger charge is -2.55. The van der Waals surface area contributed by atoms with Gasteiger partial charge in [0.2, 0.25) is 0 Å². The zero-order valence-electron chi connectivity index (χ0n) is 15.9. The molecule has 2 nitrogen and oxygen atoms in total. The van der Waals surface area contributed by atoms with Gasteiger partial charge in [0.15, 0.2) is 0 Å². The van der Waals surface area contributed by atoms with Crippen molar-refractivity contribution in [2.75, 3.05) is 26.6 Å². The molecule has 0 aromatic heterocycles. The van der Waals surface area contributed by atoms with Crippen LogP contribution in [0.3, 0.4) is 0 Å². The molecule has 0 bridgehead atoms. The Balaban J connectivity index is 2.06. The predicted octanol–water partition coefficient (Wildman–Crippen LogP) is 5.46. The number of rotatable bonds is 5. The van der Waals surface area contributed by atoms with E-state index in [1.165, 1.54) is 42.6 Å². The van der Waals surface area contributed by atoms with E-state index in [4.69, 9.17) is 9.47 Å². The number of benzene rings is 1. The summed E-state index contributed by atoms with van der Waals surface area (Å²) in [5.41, 5.74) is 3.64. The smallest absolute Gasteiger partial charge is 0.132 e. The van der Waals surface area contributed by atoms with Crippen LogP contribution in [0.1, 0.15) is 57.6 Å². The monoisotopic (exact) mass is 348 g/mol. The highest BCUT2D eigenvalue weighted by Crippen LogP contribution is 2.58. The summed E-state index contributed by atoms with van der Waals surface area (Å²) in [5, 5.41) is 0. The molecule has 24 heavy (non-hydrogen) atoms. The fourth-order valence-electron chi connectivity index (χ4n) is 5.54. The van der Waals surface area contributed by atoms with Gasteiger partial charge >= 0.3 is 0 Å². The normalized spacial score (nSPS) is 32.1. The molecule has 0 unspecified atom stereocenters. The number of ether oxygens (including phenoxy) is 2. The summed E-state index contributed by atoms with van der Waals surface area (Å²) in [4.78, 5) is 1.30. The first-order chi connectivity index (χ1) is 11.5. The molecule has 1 fully saturated rings. The zero-order chi connectivity index (χ0) is 17.4. The van der Waals surface area contributed by atoms with Gasteiger partial charge in [-0.15, -0.1) is 11.8 Å². The average Bonchev–Trinajstić information content (AvgIpc) is 2.54. The summed E-state index contributed by atoms with van der Waals surface area (Å²) in [6.07, 6.45) is 6.34. The van der Waals surface area contributed by atoms with Crippen molar-refractivity contribution < 1.29 is 9.47 Å². The Bertz CT molecular complexity index is 596. The Morgan fingerprint density at radius 1 is 1.21 bits per heavy atom. The molecule has 3 heteroatoms. The molecule has 1 aromatic rings. The van der Waals surface area contributed by atoms with Crippen molar-refractivity contribution in [1.29, 1.82) is 0 Å². The van der Waals surface area contributed by atoms with Crippen LogP contribution in [-0.2, 0) is 16.6 Å². The van der Waals surface area contributed by atoms with E-state index < -0.39 is 0 Å². The van der Waals surface area contributed by atoms with Gasteiger partial charge in [0.25, 0.3) is 0 Å². The highest BCUT2D eigenvalue weighted by Gasteiger charge is 2.51. The van der Waals surface area contributed by atoms with Gasteiger partial charge in [0.05, 0.1) is 13.7 Å². The topological polar surface area (TPSA) is 18.5 Å². The Hall–Kier alpha value is -0.670. The van der Waals surface area contributed by atoms with Crippen LogP contribution in [0.25, 0.3) is 0 Å². The third-order valence-electron chi connectivity index (χ3n) is 6.54. The fraction of sp³-hybridized carbons (Fsp3) is 0.714. The van der Waals surface area contributed by atoms with Gasteiger partial charge in [-0.2, -0.15) is 0 Å². The summed E-state index contributed by atoms with van der Waals surface area (Å²) < 4.78 is 11.4. The van der Waals surface area contributed by atoms with Crippen molar-refractivity contribution in [3.05, 3.63) is 23.3 Å². The molecule has 1 saturated carbocycles. The van der Waals surface area contributed by atoms with Gasteiger partial charge in [-0.3, -0.25) is 0 Å². The predicted molar refractivity (Wildman–Crippen MR) is 102 cm³/mol. The average molecular weight is 349 g/mol. The Labute approximate surface area is 151 Å². The van der Waals surface area contributed by atoms with Gasteiger partial charge in [-0.05, 0) is 71.4 Å². The second-order valence-electron chi connectivity index (χ2n) is 8.04. The fourth-order valence-corrected chi connectivity index (χ4v) is 6.36. The van der Waals surface area contributed by atoms with Crippen molar-refractivity contribution >= 4 is 11.8 Å². The largest absolute Gasteiger partial charge is 0.496 e. The summed E-state index contributed by atoms with van der Waals surface area (Å²) >= 11 is 1.89. The third-order valence-corrected chi connectivity index (χ3v) is 7.45. The first kappa shape index (κ1) is 18.1. The molecule has 0 heterocycles. The minimum Gasteiger partial charge on any atom is -0.496 e. The first-order valence-electron chi connectivity index (χ1n) is 9.31. The summed E-state index contributed by atoms with van der Waals surface area (Å²) in [6.45, 7) is 8.03. The number of hydrogen-bond acceptors (Lipinski definition) is 3. The maximum Gasteiger partial charge on any atom is 0.132 e. The minimum atomic E-state index is 0.252. The molecule has 0 aliphatic heterocycles. The van der Waals surface area contributed by atoms with Gasteiger partial charge in [-0.1, -0.05) is 27.2 Å². The molecular formula is C21H32O2S. The Morgan fingerprint density at radius 3 is 2.67 bits per heavy atom. The van der Waals surface area contributed by atoms with E-state index in [1.54, 1.807) is 12.7 Å². The van der Waals surface area contributed by atoms with Crippen LogP contribution in [0.5, 0.6) is 5.75 Å². The SMILES string of the molecule is CCSc1cc2c(cc1OC)[C@@]1(C)CCC[C@](C)(COC)[C@@H]1CC2. The van der Waals surface area contributed by atoms with Crippen molar-refractivity contribution in [2.45, 2.75) is 63.2 Å². The lowest BCUT2D eigenvalue weighted by molar-refractivity contribution is -0.0325. The van der Waals surface area contributed by atoms with E-state index >= 15 is 0 Å². The van der Waals surface area contributed by atoms with E-state index in [1.807, 2.05) is 18.9 Å². The van der Waals surface area contributed by atoms with Crippen molar-refractivity contribution in [3.63, 3.8) is 0 Å². The number of hydrogen-bond donors (Lipinski definition) is 0. The van der Waals surface area contributed by atoms with Gasteiger partial charge < -0.3 is 9.47 Å². The second-order valence-corrected chi connectivity index (χ2v) is 9.35. The molecule has 0 amide bonds. The van der Waals surface area contributed by atoms with E-state index in [0.29, 0.717) is 11.3 Å². The lowest BCUT2D eigenvalue weighted by atomic mass is 9.50. The lowest BCUT2D eigenvalue weighted by Crippen LogP contribution is -2.50. The van der Waals surface area contributed by atoms with Crippen molar-refractivity contribution in [2.24, 2.45) is 11.3 Å². The van der Waals surface area contributed by atoms with Gasteiger partial charge in [0, 0.05) is 12.0 Å². The number of methoxy groups -OCH3 is 2. The number of aryl methyl sites for hydroxylation is 1. The van der Waals surface area contributed by atoms with Crippen LogP contribution in [0.2, 0.25) is 0 Å². The van der Waals surface area contributed by atoms with Crippen LogP contribution in [0.15, 0.2) is 17.0 Å². The van der Waals surface area contributed by atoms with E-state index in [0.717, 1.165) is 18.1 Å². The summed E-state index contributed by atoms with van der Waals surface area (Å²) in [6, 6.07) is 4.77. The standard InChI is InChI=1S/C21H32O2S/c1-6-24-18-12-15-8-9-19-20(2,14-22-4)10-7-11-21(19,3)16(15)13-17(18)23-5/h12-13,19H,6-11,14H2,1-5H3/t19-,20+,21+/m0/s1. The zero-order valence-corrected chi connectivity index (χ0v) is 16.7. The van der Waals surface area contributed by atoms with Gasteiger partial charge in [-0.25, -0.2) is 0 Å². The van der Waals surface area contributed by atoms with Crippen LogP contribution in [-0.4, -0.2) is 26.6 Å². The van der Waals surface area contributed by atoms with E-state index in [9.17, 15) is 0 Å². The van der Waals surface area contributed by atoms with E-state index in [-0.39, 0.29) is 5.41 Å². The molecule has 3 atom stereocenters. The van der Waals surface area contributed by atoms with Crippen molar-refractivity contribution in [3.8, 4) is 5.75 Å². The second kappa shape index (κ2) is 6.92. The molecular weight excluding hydrogens is 316 g/mol. The van der Waals surface area contributed by atoms with Crippen LogP contribution in [0.4, 0.5) is 0 Å². The minimum absolute atomic E-state index is 0.252. The number of thioether (sulfide) groups is 1. The third kappa shape index (κ3) is 2.88. The van der Waals surface area contributed by atoms with Crippen LogP contribution >= 0.6 is 11.8 Å². The highest BCUT2D eigenvalue weighted by molar-refractivity contribution is 7.99. The molecule has 0 radical (unpaired) electrons. The molecule has 0 N–H and O–H groups in total. The molecule has 3 rings (SSSR count). The van der Waals surface area contributed by atoms with Crippen molar-refractivity contribution in [1.82, 2.24) is 0 Å². The molecule has 2 aliphatic carbocycles. The molecule has 134 valence electrons. The van der Waals surface area contributed by atoms with Gasteiger partial charge in [0.1, 0.15) is 5.75 Å². The first-order valence-corrected chi connectivity index (χ1v) is 10.3. The molecule has 2 aliphatic rings. The van der Waals surface area contributed by atoms with Crippen LogP contribution in [0, 0.1) is 11.3 Å². The summed E-state index contributed by atoms with van der Waals surface area (Å²) in [5.74, 6) is 2.84.